The average Bonchev–Trinajstić information content (AvgIpc) is 2.29. The quantitative estimate of drug-likeness (QED) is 0.815. The van der Waals surface area contributed by atoms with Gasteiger partial charge in [-0.05, 0) is 34.1 Å². The summed E-state index contributed by atoms with van der Waals surface area (Å²) in [7, 11) is 1.24. The van der Waals surface area contributed by atoms with Crippen molar-refractivity contribution >= 4 is 27.8 Å². The lowest BCUT2D eigenvalue weighted by Crippen LogP contribution is -2.30. The number of amides is 1. The molecular weight excluding hydrogens is 278 g/mol. The van der Waals surface area contributed by atoms with E-state index in [9.17, 15) is 14.7 Å². The molecule has 0 unspecified atom stereocenters. The molecule has 0 spiro atoms. The van der Waals surface area contributed by atoms with E-state index in [1.807, 2.05) is 0 Å². The Hall–Kier alpha value is -1.56. The molecule has 0 saturated heterocycles. The number of hydrogen-bond acceptors (Lipinski definition) is 4. The van der Waals surface area contributed by atoms with E-state index in [4.69, 9.17) is 0 Å². The van der Waals surface area contributed by atoms with Gasteiger partial charge in [0.1, 0.15) is 12.3 Å². The maximum atomic E-state index is 11.5. The lowest BCUT2D eigenvalue weighted by molar-refractivity contribution is -0.139. The van der Waals surface area contributed by atoms with Crippen molar-refractivity contribution in [3.8, 4) is 5.75 Å². The minimum Gasteiger partial charge on any atom is -0.507 e. The molecule has 0 atom stereocenters. The Morgan fingerprint density at radius 1 is 1.50 bits per heavy atom. The van der Waals surface area contributed by atoms with Crippen LogP contribution in [0.25, 0.3) is 0 Å². The first-order valence-corrected chi connectivity index (χ1v) is 5.17. The minimum atomic E-state index is -0.533. The van der Waals surface area contributed by atoms with Gasteiger partial charge in [-0.1, -0.05) is 0 Å². The number of nitrogens with one attached hydrogen (secondary N) is 1. The van der Waals surface area contributed by atoms with Gasteiger partial charge in [-0.3, -0.25) is 9.59 Å². The van der Waals surface area contributed by atoms with Crippen molar-refractivity contribution in [2.45, 2.75) is 0 Å². The highest BCUT2D eigenvalue weighted by molar-refractivity contribution is 9.10. The van der Waals surface area contributed by atoms with Gasteiger partial charge in [0.2, 0.25) is 0 Å². The second-order valence-corrected chi connectivity index (χ2v) is 3.78. The van der Waals surface area contributed by atoms with Gasteiger partial charge in [-0.2, -0.15) is 0 Å². The fraction of sp³-hybridized carbons (Fsp3) is 0.200. The number of phenolic OH excluding ortho intramolecular Hbond substituents is 1. The first-order valence-electron chi connectivity index (χ1n) is 4.38. The van der Waals surface area contributed by atoms with Crippen LogP contribution in [-0.2, 0) is 9.53 Å². The third kappa shape index (κ3) is 3.23. The third-order valence-corrected chi connectivity index (χ3v) is 2.50. The first-order chi connectivity index (χ1) is 7.54. The lowest BCUT2D eigenvalue weighted by atomic mass is 10.2. The smallest absolute Gasteiger partial charge is 0.325 e. The van der Waals surface area contributed by atoms with Crippen molar-refractivity contribution in [1.29, 1.82) is 0 Å². The molecule has 0 bridgehead atoms. The number of aromatic hydroxyl groups is 1. The predicted octanol–water partition coefficient (Wildman–Crippen LogP) is 1.06. The molecule has 0 saturated carbocycles. The summed E-state index contributed by atoms with van der Waals surface area (Å²) in [4.78, 5) is 22.3. The molecule has 16 heavy (non-hydrogen) atoms. The van der Waals surface area contributed by atoms with Gasteiger partial charge >= 0.3 is 5.97 Å². The molecule has 1 rings (SSSR count). The van der Waals surface area contributed by atoms with Crippen molar-refractivity contribution < 1.29 is 19.4 Å². The number of benzene rings is 1. The van der Waals surface area contributed by atoms with E-state index in [1.54, 1.807) is 6.07 Å². The fourth-order valence-corrected chi connectivity index (χ4v) is 1.23. The van der Waals surface area contributed by atoms with Crippen molar-refractivity contribution in [3.63, 3.8) is 0 Å². The SMILES string of the molecule is COC(=O)CNC(=O)c1ccc(Br)c(O)c1. The third-order valence-electron chi connectivity index (χ3n) is 1.83. The largest absolute Gasteiger partial charge is 0.507 e. The van der Waals surface area contributed by atoms with Crippen LogP contribution in [0.2, 0.25) is 0 Å². The van der Waals surface area contributed by atoms with Crippen LogP contribution in [0.3, 0.4) is 0 Å². The van der Waals surface area contributed by atoms with Crippen molar-refractivity contribution in [3.05, 3.63) is 28.2 Å². The van der Waals surface area contributed by atoms with Crippen LogP contribution in [-0.4, -0.2) is 30.6 Å². The molecular formula is C10H10BrNO4. The summed E-state index contributed by atoms with van der Waals surface area (Å²) in [5.41, 5.74) is 0.268. The Bertz CT molecular complexity index is 419. The van der Waals surface area contributed by atoms with Crippen LogP contribution in [0.4, 0.5) is 0 Å². The minimum absolute atomic E-state index is 0.0364. The van der Waals surface area contributed by atoms with Crippen LogP contribution in [0.5, 0.6) is 5.75 Å². The molecule has 0 aromatic heterocycles. The summed E-state index contributed by atoms with van der Waals surface area (Å²) in [6.45, 7) is -0.202. The van der Waals surface area contributed by atoms with E-state index in [0.717, 1.165) is 0 Å². The molecule has 0 aliphatic carbocycles. The van der Waals surface area contributed by atoms with E-state index in [0.29, 0.717) is 4.47 Å². The number of hydrogen-bond donors (Lipinski definition) is 2. The summed E-state index contributed by atoms with van der Waals surface area (Å²) >= 11 is 3.10. The van der Waals surface area contributed by atoms with Gasteiger partial charge in [0.15, 0.2) is 0 Å². The number of carbonyl (C=O) groups excluding carboxylic acids is 2. The number of halogens is 1. The van der Waals surface area contributed by atoms with E-state index in [2.05, 4.69) is 26.0 Å². The number of carbonyl (C=O) groups is 2. The van der Waals surface area contributed by atoms with E-state index < -0.39 is 11.9 Å². The topological polar surface area (TPSA) is 75.6 Å². The fourth-order valence-electron chi connectivity index (χ4n) is 0.981. The van der Waals surface area contributed by atoms with E-state index >= 15 is 0 Å². The highest BCUT2D eigenvalue weighted by Crippen LogP contribution is 2.24. The van der Waals surface area contributed by atoms with Gasteiger partial charge in [0, 0.05) is 5.56 Å². The molecule has 0 heterocycles. The number of rotatable bonds is 3. The normalized spacial score (nSPS) is 9.62. The summed E-state index contributed by atoms with van der Waals surface area (Å²) < 4.78 is 4.87. The molecule has 6 heteroatoms. The van der Waals surface area contributed by atoms with E-state index in [1.165, 1.54) is 19.2 Å². The van der Waals surface area contributed by atoms with Gasteiger partial charge in [0.25, 0.3) is 5.91 Å². The Balaban J connectivity index is 2.66. The zero-order chi connectivity index (χ0) is 12.1. The average molecular weight is 288 g/mol. The van der Waals surface area contributed by atoms with Gasteiger partial charge in [-0.25, -0.2) is 0 Å². The summed E-state index contributed by atoms with van der Waals surface area (Å²) in [6, 6.07) is 4.37. The number of phenols is 1. The highest BCUT2D eigenvalue weighted by atomic mass is 79.9. The molecule has 1 aromatic carbocycles. The highest BCUT2D eigenvalue weighted by Gasteiger charge is 2.09. The number of methoxy groups -OCH3 is 1. The monoisotopic (exact) mass is 287 g/mol. The maximum Gasteiger partial charge on any atom is 0.325 e. The molecule has 1 aromatic rings. The first kappa shape index (κ1) is 12.5. The Morgan fingerprint density at radius 2 is 2.19 bits per heavy atom. The lowest BCUT2D eigenvalue weighted by Gasteiger charge is -2.04. The summed E-state index contributed by atoms with van der Waals surface area (Å²) in [5, 5.41) is 11.7. The van der Waals surface area contributed by atoms with Crippen LogP contribution >= 0.6 is 15.9 Å². The molecule has 5 nitrogen and oxygen atoms in total. The molecule has 0 aliphatic rings. The van der Waals surface area contributed by atoms with Crippen molar-refractivity contribution in [1.82, 2.24) is 5.32 Å². The van der Waals surface area contributed by atoms with Crippen LogP contribution in [0, 0.1) is 0 Å². The van der Waals surface area contributed by atoms with E-state index in [-0.39, 0.29) is 17.9 Å². The molecule has 0 fully saturated rings. The molecule has 1 amide bonds. The van der Waals surface area contributed by atoms with Gasteiger partial charge < -0.3 is 15.2 Å². The standard InChI is InChI=1S/C10H10BrNO4/c1-16-9(14)5-12-10(15)6-2-3-7(11)8(13)4-6/h2-4,13H,5H2,1H3,(H,12,15). The second-order valence-electron chi connectivity index (χ2n) is 2.93. The Kier molecular flexibility index (Phi) is 4.30. The van der Waals surface area contributed by atoms with Gasteiger partial charge in [0.05, 0.1) is 11.6 Å². The molecule has 0 aliphatic heterocycles. The molecule has 2 N–H and O–H groups in total. The maximum absolute atomic E-state index is 11.5. The van der Waals surface area contributed by atoms with Crippen molar-refractivity contribution in [2.75, 3.05) is 13.7 Å². The van der Waals surface area contributed by atoms with Crippen LogP contribution in [0.1, 0.15) is 10.4 Å². The second kappa shape index (κ2) is 5.50. The number of ether oxygens (including phenoxy) is 1. The number of esters is 1. The van der Waals surface area contributed by atoms with Crippen LogP contribution in [0.15, 0.2) is 22.7 Å². The van der Waals surface area contributed by atoms with Crippen LogP contribution < -0.4 is 5.32 Å². The van der Waals surface area contributed by atoms with Gasteiger partial charge in [-0.15, -0.1) is 0 Å². The zero-order valence-electron chi connectivity index (χ0n) is 8.49. The Morgan fingerprint density at radius 3 is 2.75 bits per heavy atom. The summed E-state index contributed by atoms with van der Waals surface area (Å²) in [5.74, 6) is -1.02. The van der Waals surface area contributed by atoms with Crippen molar-refractivity contribution in [2.24, 2.45) is 0 Å². The molecule has 86 valence electrons. The summed E-state index contributed by atoms with van der Waals surface area (Å²) in [6.07, 6.45) is 0. The molecule has 0 radical (unpaired) electrons. The predicted molar refractivity (Wildman–Crippen MR) is 60.2 cm³/mol. The zero-order valence-corrected chi connectivity index (χ0v) is 10.1. The Labute approximate surface area is 101 Å².